The maximum Gasteiger partial charge on any atom is 0.339 e. The van der Waals surface area contributed by atoms with Gasteiger partial charge in [0.15, 0.2) is 0 Å². The molecule has 6 heteroatoms. The van der Waals surface area contributed by atoms with Crippen molar-refractivity contribution in [3.8, 4) is 5.75 Å². The zero-order chi connectivity index (χ0) is 17.0. The fraction of sp³-hybridized carbons (Fsp3) is 0.333. The maximum atomic E-state index is 12.2. The van der Waals surface area contributed by atoms with Crippen molar-refractivity contribution in [2.75, 3.05) is 26.2 Å². The van der Waals surface area contributed by atoms with E-state index in [-0.39, 0.29) is 11.0 Å². The topological polar surface area (TPSA) is 55.8 Å². The summed E-state index contributed by atoms with van der Waals surface area (Å²) in [6.07, 6.45) is 0.0125. The maximum absolute atomic E-state index is 12.2. The molecular formula is C18H21NO4S. The summed E-state index contributed by atoms with van der Waals surface area (Å²) < 4.78 is 35.4. The average molecular weight is 347 g/mol. The van der Waals surface area contributed by atoms with Crippen LogP contribution in [-0.4, -0.2) is 39.6 Å². The third-order valence-corrected chi connectivity index (χ3v) is 5.35. The summed E-state index contributed by atoms with van der Waals surface area (Å²) in [5.41, 5.74) is 1.03. The molecule has 1 aliphatic rings. The van der Waals surface area contributed by atoms with Gasteiger partial charge in [-0.25, -0.2) is 0 Å². The van der Waals surface area contributed by atoms with E-state index in [2.05, 4.69) is 11.8 Å². The molecule has 0 aliphatic carbocycles. The second-order valence-electron chi connectivity index (χ2n) is 5.67. The number of hydrogen-bond donors (Lipinski definition) is 0. The van der Waals surface area contributed by atoms with Gasteiger partial charge < -0.3 is 8.92 Å². The quantitative estimate of drug-likeness (QED) is 0.779. The van der Waals surface area contributed by atoms with Crippen LogP contribution in [0.3, 0.4) is 0 Å². The molecule has 2 aromatic carbocycles. The number of nitrogens with zero attached hydrogens (tertiary/aromatic N) is 1. The summed E-state index contributed by atoms with van der Waals surface area (Å²) in [5.74, 6) is 0.297. The lowest BCUT2D eigenvalue weighted by Crippen LogP contribution is -2.38. The van der Waals surface area contributed by atoms with Crippen LogP contribution in [0.2, 0.25) is 0 Å². The molecule has 1 saturated heterocycles. The molecule has 0 radical (unpaired) electrons. The number of benzene rings is 2. The Kier molecular flexibility index (Phi) is 5.18. The SMILES string of the molecule is CCN1CCOC(c2ccc(OS(=O)(=O)c3ccccc3)cc2)C1. The van der Waals surface area contributed by atoms with Gasteiger partial charge in [-0.1, -0.05) is 37.3 Å². The molecule has 128 valence electrons. The van der Waals surface area contributed by atoms with Crippen molar-refractivity contribution in [3.63, 3.8) is 0 Å². The van der Waals surface area contributed by atoms with Gasteiger partial charge in [0, 0.05) is 13.1 Å². The first-order valence-electron chi connectivity index (χ1n) is 8.02. The van der Waals surface area contributed by atoms with Crippen LogP contribution in [0.4, 0.5) is 0 Å². The first-order chi connectivity index (χ1) is 11.6. The molecule has 1 atom stereocenters. The fourth-order valence-electron chi connectivity index (χ4n) is 2.69. The molecule has 0 aromatic heterocycles. The normalized spacial score (nSPS) is 19.1. The minimum absolute atomic E-state index is 0.0125. The smallest absolute Gasteiger partial charge is 0.339 e. The summed E-state index contributed by atoms with van der Waals surface area (Å²) >= 11 is 0. The molecule has 0 N–H and O–H groups in total. The van der Waals surface area contributed by atoms with Gasteiger partial charge in [-0.3, -0.25) is 4.90 Å². The van der Waals surface area contributed by atoms with Crippen molar-refractivity contribution < 1.29 is 17.3 Å². The summed E-state index contributed by atoms with van der Waals surface area (Å²) in [5, 5.41) is 0. The standard InChI is InChI=1S/C18H21NO4S/c1-2-19-12-13-22-18(14-19)15-8-10-16(11-9-15)23-24(20,21)17-6-4-3-5-7-17/h3-11,18H,2,12-14H2,1H3. The van der Waals surface area contributed by atoms with E-state index in [1.165, 1.54) is 12.1 Å². The highest BCUT2D eigenvalue weighted by Crippen LogP contribution is 2.25. The lowest BCUT2D eigenvalue weighted by atomic mass is 10.1. The van der Waals surface area contributed by atoms with Gasteiger partial charge in [-0.15, -0.1) is 0 Å². The Morgan fingerprint density at radius 3 is 2.50 bits per heavy atom. The number of morpholine rings is 1. The van der Waals surface area contributed by atoms with Gasteiger partial charge in [0.1, 0.15) is 10.6 Å². The lowest BCUT2D eigenvalue weighted by Gasteiger charge is -2.32. The minimum atomic E-state index is -3.80. The third-order valence-electron chi connectivity index (χ3n) is 4.09. The Labute approximate surface area is 142 Å². The van der Waals surface area contributed by atoms with Gasteiger partial charge >= 0.3 is 10.1 Å². The molecular weight excluding hydrogens is 326 g/mol. The molecule has 1 aliphatic heterocycles. The number of hydrogen-bond acceptors (Lipinski definition) is 5. The minimum Gasteiger partial charge on any atom is -0.379 e. The highest BCUT2D eigenvalue weighted by atomic mass is 32.2. The van der Waals surface area contributed by atoms with Crippen molar-refractivity contribution >= 4 is 10.1 Å². The second-order valence-corrected chi connectivity index (χ2v) is 7.22. The zero-order valence-electron chi connectivity index (χ0n) is 13.6. The van der Waals surface area contributed by atoms with Crippen LogP contribution in [0, 0.1) is 0 Å². The Bertz CT molecular complexity index is 759. The highest BCUT2D eigenvalue weighted by Gasteiger charge is 2.21. The third kappa shape index (κ3) is 3.95. The van der Waals surface area contributed by atoms with Gasteiger partial charge in [0.2, 0.25) is 0 Å². The molecule has 0 spiro atoms. The average Bonchev–Trinajstić information content (AvgIpc) is 2.63. The van der Waals surface area contributed by atoms with Crippen LogP contribution in [0.1, 0.15) is 18.6 Å². The van der Waals surface area contributed by atoms with Crippen LogP contribution in [0.5, 0.6) is 5.75 Å². The van der Waals surface area contributed by atoms with E-state index >= 15 is 0 Å². The zero-order valence-corrected chi connectivity index (χ0v) is 14.4. The summed E-state index contributed by atoms with van der Waals surface area (Å²) in [4.78, 5) is 2.47. The largest absolute Gasteiger partial charge is 0.379 e. The molecule has 1 heterocycles. The summed E-state index contributed by atoms with van der Waals surface area (Å²) in [6, 6.07) is 15.2. The van der Waals surface area contributed by atoms with Crippen LogP contribution in [0.25, 0.3) is 0 Å². The second kappa shape index (κ2) is 7.34. The van der Waals surface area contributed by atoms with E-state index in [4.69, 9.17) is 8.92 Å². The summed E-state index contributed by atoms with van der Waals surface area (Å²) in [7, 11) is -3.80. The number of rotatable bonds is 5. The fourth-order valence-corrected chi connectivity index (χ4v) is 3.64. The monoisotopic (exact) mass is 347 g/mol. The number of ether oxygens (including phenoxy) is 1. The van der Waals surface area contributed by atoms with Crippen molar-refractivity contribution in [3.05, 3.63) is 60.2 Å². The Balaban J connectivity index is 1.71. The molecule has 1 unspecified atom stereocenters. The van der Waals surface area contributed by atoms with Crippen LogP contribution < -0.4 is 4.18 Å². The van der Waals surface area contributed by atoms with Crippen molar-refractivity contribution in [1.82, 2.24) is 4.90 Å². The van der Waals surface area contributed by atoms with E-state index in [0.717, 1.165) is 25.2 Å². The Morgan fingerprint density at radius 1 is 1.12 bits per heavy atom. The highest BCUT2D eigenvalue weighted by molar-refractivity contribution is 7.87. The Hall–Kier alpha value is -1.89. The lowest BCUT2D eigenvalue weighted by molar-refractivity contribution is -0.0281. The van der Waals surface area contributed by atoms with Gasteiger partial charge in [-0.2, -0.15) is 8.42 Å². The van der Waals surface area contributed by atoms with Crippen LogP contribution in [-0.2, 0) is 14.9 Å². The molecule has 0 amide bonds. The van der Waals surface area contributed by atoms with Crippen molar-refractivity contribution in [2.45, 2.75) is 17.9 Å². The molecule has 5 nitrogen and oxygen atoms in total. The molecule has 2 aromatic rings. The first kappa shape index (κ1) is 17.0. The van der Waals surface area contributed by atoms with Gasteiger partial charge in [-0.05, 0) is 36.4 Å². The predicted molar refractivity (Wildman–Crippen MR) is 91.5 cm³/mol. The van der Waals surface area contributed by atoms with E-state index in [0.29, 0.717) is 12.4 Å². The summed E-state index contributed by atoms with van der Waals surface area (Å²) in [6.45, 7) is 5.63. The van der Waals surface area contributed by atoms with E-state index in [9.17, 15) is 8.42 Å². The van der Waals surface area contributed by atoms with E-state index in [1.807, 2.05) is 12.1 Å². The van der Waals surface area contributed by atoms with Crippen LogP contribution >= 0.6 is 0 Å². The van der Waals surface area contributed by atoms with E-state index in [1.54, 1.807) is 30.3 Å². The molecule has 0 saturated carbocycles. The van der Waals surface area contributed by atoms with Crippen molar-refractivity contribution in [2.24, 2.45) is 0 Å². The molecule has 0 bridgehead atoms. The van der Waals surface area contributed by atoms with Crippen molar-refractivity contribution in [1.29, 1.82) is 0 Å². The molecule has 24 heavy (non-hydrogen) atoms. The van der Waals surface area contributed by atoms with Gasteiger partial charge in [0.25, 0.3) is 0 Å². The first-order valence-corrected chi connectivity index (χ1v) is 9.43. The number of likely N-dealkylation sites (N-methyl/N-ethyl adjacent to an activating group) is 1. The molecule has 1 fully saturated rings. The van der Waals surface area contributed by atoms with Crippen LogP contribution in [0.15, 0.2) is 59.5 Å². The predicted octanol–water partition coefficient (Wildman–Crippen LogP) is 2.85. The Morgan fingerprint density at radius 2 is 1.83 bits per heavy atom. The van der Waals surface area contributed by atoms with Gasteiger partial charge in [0.05, 0.1) is 12.7 Å². The van der Waals surface area contributed by atoms with E-state index < -0.39 is 10.1 Å². The molecule has 3 rings (SSSR count).